The van der Waals surface area contributed by atoms with Crippen LogP contribution in [0.15, 0.2) is 48.5 Å². The summed E-state index contributed by atoms with van der Waals surface area (Å²) in [5.74, 6) is 1.19. The van der Waals surface area contributed by atoms with E-state index >= 15 is 0 Å². The Morgan fingerprint density at radius 3 is 2.27 bits per heavy atom. The van der Waals surface area contributed by atoms with E-state index in [-0.39, 0.29) is 18.0 Å². The van der Waals surface area contributed by atoms with Crippen molar-refractivity contribution >= 4 is 11.6 Å². The first-order chi connectivity index (χ1) is 12.5. The van der Waals surface area contributed by atoms with E-state index in [1.807, 2.05) is 56.3 Å². The van der Waals surface area contributed by atoms with Crippen molar-refractivity contribution in [3.05, 3.63) is 59.7 Å². The fourth-order valence-electron chi connectivity index (χ4n) is 3.07. The lowest BCUT2D eigenvalue weighted by Crippen LogP contribution is -2.39. The molecule has 4 heteroatoms. The number of ether oxygens (including phenoxy) is 1. The molecule has 2 aromatic rings. The summed E-state index contributed by atoms with van der Waals surface area (Å²) in [5, 5.41) is 6.44. The molecule has 2 aromatic carbocycles. The smallest absolute Gasteiger partial charge is 0.241 e. The molecule has 0 radical (unpaired) electrons. The Bertz CT molecular complexity index is 730. The summed E-state index contributed by atoms with van der Waals surface area (Å²) >= 11 is 0. The summed E-state index contributed by atoms with van der Waals surface area (Å²) in [6.07, 6.45) is 1.03. The van der Waals surface area contributed by atoms with Gasteiger partial charge in [0.1, 0.15) is 5.75 Å². The zero-order valence-electron chi connectivity index (χ0n) is 16.4. The van der Waals surface area contributed by atoms with E-state index in [1.165, 1.54) is 5.56 Å². The number of hydrogen-bond acceptors (Lipinski definition) is 3. The summed E-state index contributed by atoms with van der Waals surface area (Å²) in [4.78, 5) is 12.7. The largest absolute Gasteiger partial charge is 0.496 e. The van der Waals surface area contributed by atoms with Gasteiger partial charge >= 0.3 is 0 Å². The van der Waals surface area contributed by atoms with Crippen molar-refractivity contribution in [1.29, 1.82) is 0 Å². The molecular formula is C22H30N2O2. The minimum absolute atomic E-state index is 0.00305. The fourth-order valence-corrected chi connectivity index (χ4v) is 3.07. The van der Waals surface area contributed by atoms with Gasteiger partial charge in [0.25, 0.3) is 0 Å². The van der Waals surface area contributed by atoms with Gasteiger partial charge in [-0.2, -0.15) is 0 Å². The Balaban J connectivity index is 2.06. The molecule has 0 bridgehead atoms. The second-order valence-electron chi connectivity index (χ2n) is 6.74. The first kappa shape index (κ1) is 20.0. The molecule has 0 spiro atoms. The van der Waals surface area contributed by atoms with Crippen LogP contribution in [0.2, 0.25) is 0 Å². The van der Waals surface area contributed by atoms with Crippen molar-refractivity contribution in [2.45, 2.75) is 52.1 Å². The predicted molar refractivity (Wildman–Crippen MR) is 108 cm³/mol. The minimum Gasteiger partial charge on any atom is -0.496 e. The maximum absolute atomic E-state index is 12.7. The van der Waals surface area contributed by atoms with Gasteiger partial charge < -0.3 is 10.1 Å². The Morgan fingerprint density at radius 2 is 1.62 bits per heavy atom. The highest BCUT2D eigenvalue weighted by molar-refractivity contribution is 5.95. The van der Waals surface area contributed by atoms with E-state index in [4.69, 9.17) is 4.74 Å². The number of hydrogen-bond donors (Lipinski definition) is 2. The van der Waals surface area contributed by atoms with Crippen LogP contribution in [0.5, 0.6) is 5.75 Å². The van der Waals surface area contributed by atoms with E-state index in [2.05, 4.69) is 30.5 Å². The highest BCUT2D eigenvalue weighted by Crippen LogP contribution is 2.27. The molecule has 0 fully saturated rings. The molecule has 2 rings (SSSR count). The summed E-state index contributed by atoms with van der Waals surface area (Å²) in [7, 11) is 1.66. The van der Waals surface area contributed by atoms with Gasteiger partial charge in [-0.05, 0) is 43.9 Å². The van der Waals surface area contributed by atoms with Gasteiger partial charge in [-0.25, -0.2) is 0 Å². The van der Waals surface area contributed by atoms with Gasteiger partial charge in [0.2, 0.25) is 5.91 Å². The SMILES string of the molecule is CC[C@H](C)c1ccccc1NC(=O)[C@@H](C)N[C@@H](C)c1ccccc1OC. The predicted octanol–water partition coefficient (Wildman–Crippen LogP) is 4.89. The summed E-state index contributed by atoms with van der Waals surface area (Å²) in [6, 6.07) is 15.5. The standard InChI is InChI=1S/C22H30N2O2/c1-6-15(2)18-11-7-9-13-20(18)24-22(25)17(4)23-16(3)19-12-8-10-14-21(19)26-5/h7-17,23H,6H2,1-5H3,(H,24,25)/t15-,16-,17+/m0/s1. The van der Waals surface area contributed by atoms with Crippen molar-refractivity contribution in [3.63, 3.8) is 0 Å². The molecule has 0 unspecified atom stereocenters. The van der Waals surface area contributed by atoms with Crippen LogP contribution in [0.3, 0.4) is 0 Å². The summed E-state index contributed by atoms with van der Waals surface area (Å²) < 4.78 is 5.42. The summed E-state index contributed by atoms with van der Waals surface area (Å²) in [6.45, 7) is 8.25. The van der Waals surface area contributed by atoms with Gasteiger partial charge in [0.15, 0.2) is 0 Å². The number of methoxy groups -OCH3 is 1. The van der Waals surface area contributed by atoms with Crippen LogP contribution in [0, 0.1) is 0 Å². The van der Waals surface area contributed by atoms with Crippen LogP contribution in [0.4, 0.5) is 5.69 Å². The maximum atomic E-state index is 12.7. The molecule has 0 saturated carbocycles. The normalized spacial score (nSPS) is 14.3. The molecule has 0 aliphatic heterocycles. The van der Waals surface area contributed by atoms with Gasteiger partial charge in [0, 0.05) is 17.3 Å². The lowest BCUT2D eigenvalue weighted by molar-refractivity contribution is -0.117. The van der Waals surface area contributed by atoms with E-state index in [0.717, 1.165) is 23.4 Å². The number of rotatable bonds is 8. The average Bonchev–Trinajstić information content (AvgIpc) is 2.67. The quantitative estimate of drug-likeness (QED) is 0.710. The molecule has 2 N–H and O–H groups in total. The molecule has 26 heavy (non-hydrogen) atoms. The zero-order chi connectivity index (χ0) is 19.1. The molecule has 0 aliphatic carbocycles. The number of para-hydroxylation sites is 2. The van der Waals surface area contributed by atoms with E-state index in [0.29, 0.717) is 5.92 Å². The molecule has 1 amide bonds. The molecule has 0 aromatic heterocycles. The van der Waals surface area contributed by atoms with Gasteiger partial charge in [-0.1, -0.05) is 50.2 Å². The third-order valence-corrected chi connectivity index (χ3v) is 4.86. The maximum Gasteiger partial charge on any atom is 0.241 e. The molecule has 0 heterocycles. The third kappa shape index (κ3) is 4.85. The third-order valence-electron chi connectivity index (χ3n) is 4.86. The van der Waals surface area contributed by atoms with Crippen molar-refractivity contribution in [2.24, 2.45) is 0 Å². The topological polar surface area (TPSA) is 50.4 Å². The Labute approximate surface area is 157 Å². The lowest BCUT2D eigenvalue weighted by Gasteiger charge is -2.22. The Morgan fingerprint density at radius 1 is 1.00 bits per heavy atom. The van der Waals surface area contributed by atoms with Crippen LogP contribution in [0.25, 0.3) is 0 Å². The van der Waals surface area contributed by atoms with Crippen LogP contribution >= 0.6 is 0 Å². The number of anilines is 1. The minimum atomic E-state index is -0.333. The van der Waals surface area contributed by atoms with Gasteiger partial charge in [0.05, 0.1) is 13.2 Å². The second-order valence-corrected chi connectivity index (χ2v) is 6.74. The fraction of sp³-hybridized carbons (Fsp3) is 0.409. The van der Waals surface area contributed by atoms with Crippen LogP contribution in [-0.2, 0) is 4.79 Å². The summed E-state index contributed by atoms with van der Waals surface area (Å²) in [5.41, 5.74) is 3.11. The zero-order valence-corrected chi connectivity index (χ0v) is 16.4. The monoisotopic (exact) mass is 354 g/mol. The van der Waals surface area contributed by atoms with Crippen molar-refractivity contribution in [3.8, 4) is 5.75 Å². The number of amides is 1. The molecule has 140 valence electrons. The second kappa shape index (κ2) is 9.39. The lowest BCUT2D eigenvalue weighted by atomic mass is 9.97. The van der Waals surface area contributed by atoms with Crippen LogP contribution in [-0.4, -0.2) is 19.1 Å². The molecule has 4 nitrogen and oxygen atoms in total. The average molecular weight is 354 g/mol. The molecule has 0 saturated heterocycles. The van der Waals surface area contributed by atoms with Gasteiger partial charge in [-0.15, -0.1) is 0 Å². The number of carbonyl (C=O) groups is 1. The highest BCUT2D eigenvalue weighted by Gasteiger charge is 2.19. The Kier molecular flexibility index (Phi) is 7.22. The molecule has 0 aliphatic rings. The molecular weight excluding hydrogens is 324 g/mol. The van der Waals surface area contributed by atoms with Crippen LogP contribution in [0.1, 0.15) is 57.2 Å². The van der Waals surface area contributed by atoms with Crippen LogP contribution < -0.4 is 15.4 Å². The first-order valence-electron chi connectivity index (χ1n) is 9.26. The highest BCUT2D eigenvalue weighted by atomic mass is 16.5. The van der Waals surface area contributed by atoms with E-state index in [1.54, 1.807) is 7.11 Å². The number of benzene rings is 2. The van der Waals surface area contributed by atoms with E-state index < -0.39 is 0 Å². The van der Waals surface area contributed by atoms with Crippen molar-refractivity contribution < 1.29 is 9.53 Å². The van der Waals surface area contributed by atoms with Crippen molar-refractivity contribution in [2.75, 3.05) is 12.4 Å². The number of carbonyl (C=O) groups excluding carboxylic acids is 1. The van der Waals surface area contributed by atoms with Gasteiger partial charge in [-0.3, -0.25) is 10.1 Å². The molecule has 3 atom stereocenters. The number of nitrogens with one attached hydrogen (secondary N) is 2. The first-order valence-corrected chi connectivity index (χ1v) is 9.26. The van der Waals surface area contributed by atoms with Crippen molar-refractivity contribution in [1.82, 2.24) is 5.32 Å². The Hall–Kier alpha value is -2.33. The van der Waals surface area contributed by atoms with E-state index in [9.17, 15) is 4.79 Å².